The van der Waals surface area contributed by atoms with E-state index < -0.39 is 0 Å². The fraction of sp³-hybridized carbons (Fsp3) is 0.619. The van der Waals surface area contributed by atoms with Crippen LogP contribution >= 0.6 is 0 Å². The highest BCUT2D eigenvalue weighted by Gasteiger charge is 2.27. The van der Waals surface area contributed by atoms with Crippen molar-refractivity contribution in [3.05, 3.63) is 35.4 Å². The van der Waals surface area contributed by atoms with E-state index in [9.17, 15) is 4.79 Å². The average molecular weight is 359 g/mol. The van der Waals surface area contributed by atoms with Crippen LogP contribution in [0.4, 0.5) is 0 Å². The third kappa shape index (κ3) is 5.75. The largest absolute Gasteiger partial charge is 0.357 e. The number of amides is 1. The van der Waals surface area contributed by atoms with Crippen LogP contribution in [0.15, 0.2) is 29.3 Å². The van der Waals surface area contributed by atoms with E-state index in [-0.39, 0.29) is 17.9 Å². The predicted molar refractivity (Wildman–Crippen MR) is 109 cm³/mol. The maximum absolute atomic E-state index is 12.2. The SMILES string of the molecule is CCNC(=NCC(C)c1cccc(C)c1)NC1CCN(C(=O)C(C)C)C1. The summed E-state index contributed by atoms with van der Waals surface area (Å²) in [7, 11) is 0. The first-order chi connectivity index (χ1) is 12.4. The lowest BCUT2D eigenvalue weighted by molar-refractivity contribution is -0.133. The van der Waals surface area contributed by atoms with E-state index in [1.165, 1.54) is 11.1 Å². The molecule has 1 amide bonds. The topological polar surface area (TPSA) is 56.7 Å². The minimum Gasteiger partial charge on any atom is -0.357 e. The van der Waals surface area contributed by atoms with Gasteiger partial charge in [-0.25, -0.2) is 0 Å². The zero-order chi connectivity index (χ0) is 19.1. The number of carbonyl (C=O) groups excluding carboxylic acids is 1. The molecular weight excluding hydrogens is 324 g/mol. The second-order valence-corrected chi connectivity index (χ2v) is 7.60. The maximum atomic E-state index is 12.2. The van der Waals surface area contributed by atoms with Crippen molar-refractivity contribution in [2.24, 2.45) is 10.9 Å². The summed E-state index contributed by atoms with van der Waals surface area (Å²) in [5, 5.41) is 6.83. The molecule has 1 aliphatic rings. The summed E-state index contributed by atoms with van der Waals surface area (Å²) < 4.78 is 0. The fourth-order valence-corrected chi connectivity index (χ4v) is 3.27. The molecular formula is C21H34N4O. The van der Waals surface area contributed by atoms with Gasteiger partial charge in [-0.3, -0.25) is 9.79 Å². The van der Waals surface area contributed by atoms with Crippen molar-refractivity contribution in [3.63, 3.8) is 0 Å². The Morgan fingerprint density at radius 2 is 2.12 bits per heavy atom. The maximum Gasteiger partial charge on any atom is 0.225 e. The molecule has 5 nitrogen and oxygen atoms in total. The monoisotopic (exact) mass is 358 g/mol. The van der Waals surface area contributed by atoms with Gasteiger partial charge in [0, 0.05) is 44.1 Å². The lowest BCUT2D eigenvalue weighted by atomic mass is 10.00. The van der Waals surface area contributed by atoms with E-state index >= 15 is 0 Å². The van der Waals surface area contributed by atoms with E-state index in [0.29, 0.717) is 5.92 Å². The lowest BCUT2D eigenvalue weighted by Crippen LogP contribution is -2.45. The molecule has 1 heterocycles. The van der Waals surface area contributed by atoms with Crippen molar-refractivity contribution in [2.75, 3.05) is 26.2 Å². The van der Waals surface area contributed by atoms with Crippen LogP contribution in [0, 0.1) is 12.8 Å². The summed E-state index contributed by atoms with van der Waals surface area (Å²) in [6.07, 6.45) is 0.969. The average Bonchev–Trinajstić information content (AvgIpc) is 3.07. The van der Waals surface area contributed by atoms with Crippen LogP contribution in [0.1, 0.15) is 51.2 Å². The quantitative estimate of drug-likeness (QED) is 0.607. The molecule has 1 saturated heterocycles. The van der Waals surface area contributed by atoms with Gasteiger partial charge in [0.1, 0.15) is 0 Å². The number of guanidine groups is 1. The Balaban J connectivity index is 1.93. The molecule has 0 bridgehead atoms. The van der Waals surface area contributed by atoms with Gasteiger partial charge in [0.15, 0.2) is 5.96 Å². The second kappa shape index (κ2) is 9.60. The van der Waals surface area contributed by atoms with Crippen LogP contribution in [0.25, 0.3) is 0 Å². The zero-order valence-electron chi connectivity index (χ0n) is 16.9. The number of aliphatic imine (C=N–C) groups is 1. The molecule has 1 aliphatic heterocycles. The molecule has 0 radical (unpaired) electrons. The molecule has 1 aromatic carbocycles. The van der Waals surface area contributed by atoms with Gasteiger partial charge in [-0.1, -0.05) is 50.6 Å². The van der Waals surface area contributed by atoms with Crippen LogP contribution in [-0.4, -0.2) is 49.0 Å². The molecule has 26 heavy (non-hydrogen) atoms. The molecule has 0 aliphatic carbocycles. The third-order valence-electron chi connectivity index (χ3n) is 4.81. The van der Waals surface area contributed by atoms with Gasteiger partial charge in [0.2, 0.25) is 5.91 Å². The number of benzene rings is 1. The van der Waals surface area contributed by atoms with E-state index in [4.69, 9.17) is 4.99 Å². The molecule has 1 fully saturated rings. The van der Waals surface area contributed by atoms with Crippen LogP contribution in [0.5, 0.6) is 0 Å². The Morgan fingerprint density at radius 3 is 2.77 bits per heavy atom. The van der Waals surface area contributed by atoms with Gasteiger partial charge in [0.25, 0.3) is 0 Å². The van der Waals surface area contributed by atoms with Gasteiger partial charge < -0.3 is 15.5 Å². The number of nitrogens with zero attached hydrogens (tertiary/aromatic N) is 2. The Hall–Kier alpha value is -2.04. The molecule has 144 valence electrons. The summed E-state index contributed by atoms with van der Waals surface area (Å²) in [6.45, 7) is 13.5. The Morgan fingerprint density at radius 1 is 1.35 bits per heavy atom. The Labute approximate surface area is 158 Å². The lowest BCUT2D eigenvalue weighted by Gasteiger charge is -2.20. The summed E-state index contributed by atoms with van der Waals surface area (Å²) in [5.41, 5.74) is 2.60. The molecule has 0 saturated carbocycles. The third-order valence-corrected chi connectivity index (χ3v) is 4.81. The van der Waals surface area contributed by atoms with Crippen molar-refractivity contribution >= 4 is 11.9 Å². The summed E-state index contributed by atoms with van der Waals surface area (Å²) in [4.78, 5) is 18.9. The summed E-state index contributed by atoms with van der Waals surface area (Å²) in [5.74, 6) is 1.51. The number of rotatable bonds is 6. The van der Waals surface area contributed by atoms with Gasteiger partial charge >= 0.3 is 0 Å². The number of aryl methyl sites for hydroxylation is 1. The minimum absolute atomic E-state index is 0.0610. The van der Waals surface area contributed by atoms with Crippen molar-refractivity contribution in [3.8, 4) is 0 Å². The minimum atomic E-state index is 0.0610. The predicted octanol–water partition coefficient (Wildman–Crippen LogP) is 2.91. The molecule has 2 unspecified atom stereocenters. The van der Waals surface area contributed by atoms with Crippen molar-refractivity contribution in [1.82, 2.24) is 15.5 Å². The van der Waals surface area contributed by atoms with Crippen LogP contribution in [-0.2, 0) is 4.79 Å². The number of likely N-dealkylation sites (tertiary alicyclic amines) is 1. The van der Waals surface area contributed by atoms with Crippen LogP contribution < -0.4 is 10.6 Å². The first-order valence-electron chi connectivity index (χ1n) is 9.80. The molecule has 2 atom stereocenters. The first kappa shape index (κ1) is 20.3. The van der Waals surface area contributed by atoms with Crippen molar-refractivity contribution in [2.45, 2.75) is 53.0 Å². The molecule has 0 spiro atoms. The van der Waals surface area contributed by atoms with Gasteiger partial charge in [-0.05, 0) is 25.8 Å². The molecule has 1 aromatic rings. The number of hydrogen-bond acceptors (Lipinski definition) is 2. The highest BCUT2D eigenvalue weighted by Crippen LogP contribution is 2.17. The second-order valence-electron chi connectivity index (χ2n) is 7.60. The zero-order valence-corrected chi connectivity index (χ0v) is 16.9. The highest BCUT2D eigenvalue weighted by molar-refractivity contribution is 5.81. The van der Waals surface area contributed by atoms with Crippen LogP contribution in [0.2, 0.25) is 0 Å². The van der Waals surface area contributed by atoms with E-state index in [0.717, 1.165) is 38.6 Å². The molecule has 0 aromatic heterocycles. The molecule has 2 rings (SSSR count). The fourth-order valence-electron chi connectivity index (χ4n) is 3.27. The van der Waals surface area contributed by atoms with E-state index in [2.05, 4.69) is 55.7 Å². The Bertz CT molecular complexity index is 626. The van der Waals surface area contributed by atoms with Crippen LogP contribution in [0.3, 0.4) is 0 Å². The van der Waals surface area contributed by atoms with Gasteiger partial charge in [0.05, 0.1) is 0 Å². The standard InChI is InChI=1S/C21H34N4O/c1-6-22-21(23-13-17(5)18-9-7-8-16(4)12-18)24-19-10-11-25(14-19)20(26)15(2)3/h7-9,12,15,17,19H,6,10-11,13-14H2,1-5H3,(H2,22,23,24). The van der Waals surface area contributed by atoms with Crippen molar-refractivity contribution in [1.29, 1.82) is 0 Å². The molecule has 2 N–H and O–H groups in total. The summed E-state index contributed by atoms with van der Waals surface area (Å²) in [6, 6.07) is 8.89. The van der Waals surface area contributed by atoms with E-state index in [1.807, 2.05) is 18.7 Å². The number of carbonyl (C=O) groups is 1. The highest BCUT2D eigenvalue weighted by atomic mass is 16.2. The molecule has 5 heteroatoms. The summed E-state index contributed by atoms with van der Waals surface area (Å²) >= 11 is 0. The smallest absolute Gasteiger partial charge is 0.225 e. The van der Waals surface area contributed by atoms with Crippen molar-refractivity contribution < 1.29 is 4.79 Å². The Kier molecular flexibility index (Phi) is 7.49. The van der Waals surface area contributed by atoms with Gasteiger partial charge in [-0.15, -0.1) is 0 Å². The number of hydrogen-bond donors (Lipinski definition) is 2. The van der Waals surface area contributed by atoms with Gasteiger partial charge in [-0.2, -0.15) is 0 Å². The normalized spacial score (nSPS) is 18.9. The van der Waals surface area contributed by atoms with E-state index in [1.54, 1.807) is 0 Å². The number of nitrogens with one attached hydrogen (secondary N) is 2. The first-order valence-corrected chi connectivity index (χ1v) is 9.80.